The number of hydrogen-bond donors (Lipinski definition) is 3. The number of benzene rings is 1. The first-order valence-corrected chi connectivity index (χ1v) is 22.6. The second kappa shape index (κ2) is 15.7. The number of alkyl halides is 3. The number of carbonyl (C=O) groups is 4. The molecule has 0 bridgehead atoms. The summed E-state index contributed by atoms with van der Waals surface area (Å²) in [5.74, 6) is -2.65. The van der Waals surface area contributed by atoms with Gasteiger partial charge in [0, 0.05) is 23.3 Å². The summed E-state index contributed by atoms with van der Waals surface area (Å²) in [5.41, 5.74) is -1.28. The van der Waals surface area contributed by atoms with Crippen LogP contribution in [0.1, 0.15) is 114 Å². The Morgan fingerprint density at radius 3 is 2.47 bits per heavy atom. The molecule has 4 fully saturated rings. The second-order valence-electron chi connectivity index (χ2n) is 17.8. The predicted octanol–water partition coefficient (Wildman–Crippen LogP) is 5.93. The number of ether oxygens (including phenoxy) is 3. The highest BCUT2D eigenvalue weighted by atomic mass is 32.2. The standard InChI is InChI=1S/C42H52F3N5O9S/c1-25-34-29(30-22-28(58-42(43,44)45)14-15-31(30)46-25)17-18-40(59-34)23-33-35(51)48-41(37(53)49-60(55,56)39(2)20-21-39)19-16-26(41)10-6-4-3-5-7-13-32(36(52)50(33)24-40)47-38(54)57-27-11-8-9-12-27/h6,10,14-15,22,26-27,32-33H,3-5,7-9,11-13,16-21,23-24H2,1-2H3,(H,47,54)(H,48,51)(H,49,53). The molecule has 326 valence electrons. The van der Waals surface area contributed by atoms with Crippen molar-refractivity contribution in [3.63, 3.8) is 0 Å². The molecule has 6 aliphatic rings. The molecule has 8 rings (SSSR count). The zero-order valence-corrected chi connectivity index (χ0v) is 34.6. The molecule has 1 spiro atoms. The first-order valence-electron chi connectivity index (χ1n) is 21.1. The maximum atomic E-state index is 14.9. The average Bonchev–Trinajstić information content (AvgIpc) is 3.55. The number of rotatable bonds is 6. The van der Waals surface area contributed by atoms with E-state index in [2.05, 4.69) is 25.1 Å². The third-order valence-electron chi connectivity index (χ3n) is 13.5. The van der Waals surface area contributed by atoms with Crippen LogP contribution in [-0.4, -0.2) is 89.1 Å². The third-order valence-corrected chi connectivity index (χ3v) is 15.7. The summed E-state index contributed by atoms with van der Waals surface area (Å²) in [5, 5.41) is 6.15. The number of allylic oxidation sites excluding steroid dienone is 1. The highest BCUT2D eigenvalue weighted by Gasteiger charge is 2.59. The van der Waals surface area contributed by atoms with E-state index in [4.69, 9.17) is 9.47 Å². The van der Waals surface area contributed by atoms with Crippen LogP contribution in [0.5, 0.6) is 11.5 Å². The van der Waals surface area contributed by atoms with Gasteiger partial charge in [-0.05, 0) is 116 Å². The number of fused-ring (bicyclic) bond motifs is 5. The molecule has 5 unspecified atom stereocenters. The number of aromatic nitrogens is 1. The van der Waals surface area contributed by atoms with Gasteiger partial charge in [0.2, 0.25) is 21.8 Å². The molecule has 18 heteroatoms. The Labute approximate surface area is 346 Å². The van der Waals surface area contributed by atoms with Gasteiger partial charge in [0.25, 0.3) is 5.91 Å². The van der Waals surface area contributed by atoms with Gasteiger partial charge in [0.1, 0.15) is 40.8 Å². The van der Waals surface area contributed by atoms with Crippen molar-refractivity contribution in [1.82, 2.24) is 25.2 Å². The lowest BCUT2D eigenvalue weighted by Crippen LogP contribution is -2.70. The zero-order chi connectivity index (χ0) is 42.7. The van der Waals surface area contributed by atoms with Crippen LogP contribution in [0.3, 0.4) is 0 Å². The maximum absolute atomic E-state index is 14.9. The molecule has 3 saturated carbocycles. The van der Waals surface area contributed by atoms with Crippen LogP contribution in [0.4, 0.5) is 18.0 Å². The largest absolute Gasteiger partial charge is 0.573 e. The SMILES string of the molecule is Cc1nc2ccc(OC(F)(F)F)cc2c2c1OC1(CC2)CC2C(=O)NC3(C(=O)NS(=O)(=O)C4(C)CC4)CCC3C=CCCCCCC(NC(=O)OC3CCCC3)C(=O)N2C1. The first kappa shape index (κ1) is 42.1. The Bertz CT molecular complexity index is 2210. The van der Waals surface area contributed by atoms with Crippen LogP contribution < -0.4 is 24.8 Å². The van der Waals surface area contributed by atoms with E-state index in [9.17, 15) is 40.8 Å². The van der Waals surface area contributed by atoms with Crippen LogP contribution in [-0.2, 0) is 35.6 Å². The zero-order valence-electron chi connectivity index (χ0n) is 33.8. The molecule has 3 aliphatic carbocycles. The molecule has 3 N–H and O–H groups in total. The van der Waals surface area contributed by atoms with Crippen LogP contribution in [0.25, 0.3) is 10.9 Å². The summed E-state index contributed by atoms with van der Waals surface area (Å²) < 4.78 is 84.1. The smallest absolute Gasteiger partial charge is 0.483 e. The van der Waals surface area contributed by atoms with Gasteiger partial charge >= 0.3 is 12.5 Å². The van der Waals surface area contributed by atoms with Crippen molar-refractivity contribution in [2.24, 2.45) is 5.92 Å². The van der Waals surface area contributed by atoms with E-state index in [-0.39, 0.29) is 38.3 Å². The molecule has 1 aromatic heterocycles. The highest BCUT2D eigenvalue weighted by Crippen LogP contribution is 2.47. The number of alkyl carbamates (subject to hydrolysis) is 1. The van der Waals surface area contributed by atoms with Gasteiger partial charge in [0.15, 0.2) is 0 Å². The number of aryl methyl sites for hydroxylation is 2. The molecule has 1 aromatic carbocycles. The van der Waals surface area contributed by atoms with E-state index < -0.39 is 79.8 Å². The number of halogens is 3. The minimum absolute atomic E-state index is 0.0352. The third kappa shape index (κ3) is 8.24. The fraction of sp³-hybridized carbons (Fsp3) is 0.643. The van der Waals surface area contributed by atoms with E-state index in [1.165, 1.54) is 23.1 Å². The van der Waals surface area contributed by atoms with Crippen molar-refractivity contribution in [2.45, 2.75) is 157 Å². The Hall–Kier alpha value is -4.61. The lowest BCUT2D eigenvalue weighted by atomic mass is 9.65. The average molecular weight is 860 g/mol. The topological polar surface area (TPSA) is 182 Å². The van der Waals surface area contributed by atoms with Crippen molar-refractivity contribution in [2.75, 3.05) is 6.54 Å². The van der Waals surface area contributed by atoms with Gasteiger partial charge in [-0.1, -0.05) is 25.0 Å². The molecule has 5 atom stereocenters. The highest BCUT2D eigenvalue weighted by molar-refractivity contribution is 7.91. The molecule has 60 heavy (non-hydrogen) atoms. The molecule has 14 nitrogen and oxygen atoms in total. The normalized spacial score (nSPS) is 29.5. The van der Waals surface area contributed by atoms with Gasteiger partial charge in [-0.3, -0.25) is 19.1 Å². The van der Waals surface area contributed by atoms with E-state index in [0.29, 0.717) is 66.4 Å². The van der Waals surface area contributed by atoms with Crippen LogP contribution in [0.2, 0.25) is 0 Å². The van der Waals surface area contributed by atoms with Crippen LogP contribution in [0, 0.1) is 12.8 Å². The summed E-state index contributed by atoms with van der Waals surface area (Å²) in [4.78, 5) is 63.1. The van der Waals surface area contributed by atoms with Crippen molar-refractivity contribution < 1.29 is 55.0 Å². The summed E-state index contributed by atoms with van der Waals surface area (Å²) in [6, 6.07) is 1.63. The molecule has 4 heterocycles. The number of carbonyl (C=O) groups excluding carboxylic acids is 4. The minimum atomic E-state index is -4.91. The molecule has 3 aliphatic heterocycles. The van der Waals surface area contributed by atoms with Gasteiger partial charge in [-0.25, -0.2) is 18.2 Å². The Morgan fingerprint density at radius 1 is 1.02 bits per heavy atom. The Morgan fingerprint density at radius 2 is 1.77 bits per heavy atom. The molecule has 0 radical (unpaired) electrons. The van der Waals surface area contributed by atoms with Gasteiger partial charge in [-0.15, -0.1) is 13.2 Å². The summed E-state index contributed by atoms with van der Waals surface area (Å²) in [6.07, 6.45) is 6.24. The fourth-order valence-corrected chi connectivity index (χ4v) is 10.9. The van der Waals surface area contributed by atoms with Crippen LogP contribution in [0.15, 0.2) is 30.4 Å². The minimum Gasteiger partial charge on any atom is -0.483 e. The van der Waals surface area contributed by atoms with Crippen molar-refractivity contribution in [3.8, 4) is 11.5 Å². The molecular formula is C42H52F3N5O9S. The number of hydrogen-bond acceptors (Lipinski definition) is 10. The Kier molecular flexibility index (Phi) is 11.0. The number of nitrogens with one attached hydrogen (secondary N) is 3. The summed E-state index contributed by atoms with van der Waals surface area (Å²) >= 11 is 0. The molecule has 1 saturated heterocycles. The molecular weight excluding hydrogens is 808 g/mol. The predicted molar refractivity (Wildman–Crippen MR) is 211 cm³/mol. The molecule has 4 amide bonds. The lowest BCUT2D eigenvalue weighted by Gasteiger charge is -2.48. The van der Waals surface area contributed by atoms with E-state index >= 15 is 0 Å². The van der Waals surface area contributed by atoms with Crippen molar-refractivity contribution >= 4 is 44.7 Å². The quantitative estimate of drug-likeness (QED) is 0.295. The van der Waals surface area contributed by atoms with Gasteiger partial charge < -0.3 is 29.7 Å². The number of pyridine rings is 1. The van der Waals surface area contributed by atoms with E-state index in [1.807, 2.05) is 12.2 Å². The van der Waals surface area contributed by atoms with Crippen molar-refractivity contribution in [1.29, 1.82) is 0 Å². The number of sulfonamides is 1. The van der Waals surface area contributed by atoms with Crippen LogP contribution >= 0.6 is 0 Å². The monoisotopic (exact) mass is 859 g/mol. The molecule has 2 aromatic rings. The summed E-state index contributed by atoms with van der Waals surface area (Å²) in [6.45, 7) is 3.19. The van der Waals surface area contributed by atoms with Gasteiger partial charge in [-0.2, -0.15) is 0 Å². The number of amides is 4. The Balaban J connectivity index is 1.14. The number of nitrogens with zero attached hydrogens (tertiary/aromatic N) is 2. The first-order chi connectivity index (χ1) is 28.4. The maximum Gasteiger partial charge on any atom is 0.573 e. The fourth-order valence-electron chi connectivity index (χ4n) is 9.57. The van der Waals surface area contributed by atoms with Gasteiger partial charge in [0.05, 0.1) is 22.5 Å². The van der Waals surface area contributed by atoms with Crippen molar-refractivity contribution in [3.05, 3.63) is 41.6 Å². The van der Waals surface area contributed by atoms with E-state index in [0.717, 1.165) is 38.5 Å². The van der Waals surface area contributed by atoms with E-state index in [1.54, 1.807) is 13.8 Å². The lowest BCUT2D eigenvalue weighted by molar-refractivity contribution is -0.274. The second-order valence-corrected chi connectivity index (χ2v) is 20.0. The summed E-state index contributed by atoms with van der Waals surface area (Å²) in [7, 11) is -4.06.